The van der Waals surface area contributed by atoms with Crippen LogP contribution in [0.2, 0.25) is 0 Å². The maximum absolute atomic E-state index is 12.5. The van der Waals surface area contributed by atoms with Crippen LogP contribution in [-0.2, 0) is 9.59 Å². The van der Waals surface area contributed by atoms with Crippen molar-refractivity contribution in [3.8, 4) is 0 Å². The Morgan fingerprint density at radius 3 is 2.64 bits per heavy atom. The highest BCUT2D eigenvalue weighted by atomic mass is 32.2. The van der Waals surface area contributed by atoms with E-state index in [2.05, 4.69) is 20.8 Å². The van der Waals surface area contributed by atoms with Crippen molar-refractivity contribution in [1.82, 2.24) is 5.32 Å². The predicted octanol–water partition coefficient (Wildman–Crippen LogP) is 2.79. The van der Waals surface area contributed by atoms with Crippen LogP contribution >= 0.6 is 23.1 Å². The van der Waals surface area contributed by atoms with Gasteiger partial charge in [-0.25, -0.2) is 4.79 Å². The van der Waals surface area contributed by atoms with Gasteiger partial charge < -0.3 is 15.7 Å². The number of hydrogen-bond acceptors (Lipinski definition) is 7. The topological polar surface area (TPSA) is 120 Å². The number of carbonyl (C=O) groups excluding carboxylic acids is 2. The van der Waals surface area contributed by atoms with Gasteiger partial charge in [0.2, 0.25) is 11.8 Å². The first-order chi connectivity index (χ1) is 13.4. The van der Waals surface area contributed by atoms with Gasteiger partial charge in [-0.15, -0.1) is 16.4 Å². The smallest absolute Gasteiger partial charge is 0.335 e. The predicted molar refractivity (Wildman–Crippen MR) is 110 cm³/mol. The van der Waals surface area contributed by atoms with Crippen molar-refractivity contribution in [2.45, 2.75) is 18.6 Å². The number of carbonyl (C=O) groups is 3. The monoisotopic (exact) mass is 416 g/mol. The van der Waals surface area contributed by atoms with E-state index in [0.717, 1.165) is 16.6 Å². The van der Waals surface area contributed by atoms with Gasteiger partial charge in [0.05, 0.1) is 16.2 Å². The minimum absolute atomic E-state index is 0.0103. The summed E-state index contributed by atoms with van der Waals surface area (Å²) >= 11 is 2.65. The summed E-state index contributed by atoms with van der Waals surface area (Å²) < 4.78 is 0. The zero-order chi connectivity index (χ0) is 20.1. The largest absolute Gasteiger partial charge is 0.478 e. The van der Waals surface area contributed by atoms with Gasteiger partial charge in [-0.05, 0) is 42.6 Å². The highest BCUT2D eigenvalue weighted by molar-refractivity contribution is 8.15. The van der Waals surface area contributed by atoms with Gasteiger partial charge in [0.25, 0.3) is 0 Å². The van der Waals surface area contributed by atoms with E-state index >= 15 is 0 Å². The molecular formula is C18H16N4O4S2. The van der Waals surface area contributed by atoms with Gasteiger partial charge in [0.1, 0.15) is 5.25 Å². The standard InChI is InChI=1S/C18H16N4O4S2/c1-10(13-3-2-8-27-13)21-22-18-20-15(23)9-14(28-18)16(24)19-12-6-4-11(5-7-12)17(25)26/h2-8,14H,9H2,1H3,(H,19,24)(H,25,26)(H,20,22,23)/b21-10+. The average Bonchev–Trinajstić information content (AvgIpc) is 3.21. The van der Waals surface area contributed by atoms with E-state index in [1.54, 1.807) is 0 Å². The summed E-state index contributed by atoms with van der Waals surface area (Å²) in [7, 11) is 0. The molecule has 1 unspecified atom stereocenters. The van der Waals surface area contributed by atoms with Crippen LogP contribution in [0.15, 0.2) is 52.0 Å². The second kappa shape index (κ2) is 8.81. The number of aromatic carboxylic acids is 1. The van der Waals surface area contributed by atoms with Gasteiger partial charge >= 0.3 is 5.97 Å². The fourth-order valence-corrected chi connectivity index (χ4v) is 3.92. The first kappa shape index (κ1) is 19.8. The second-order valence-electron chi connectivity index (χ2n) is 5.80. The number of amides is 2. The van der Waals surface area contributed by atoms with E-state index in [4.69, 9.17) is 5.11 Å². The number of amidine groups is 1. The molecule has 10 heteroatoms. The molecule has 0 radical (unpaired) electrons. The minimum Gasteiger partial charge on any atom is -0.478 e. The van der Waals surface area contributed by atoms with Crippen molar-refractivity contribution in [2.75, 3.05) is 5.32 Å². The van der Waals surface area contributed by atoms with Crippen LogP contribution < -0.4 is 10.6 Å². The molecule has 1 saturated heterocycles. The first-order valence-corrected chi connectivity index (χ1v) is 9.95. The minimum atomic E-state index is -1.04. The molecule has 2 aromatic rings. The highest BCUT2D eigenvalue weighted by Gasteiger charge is 2.30. The van der Waals surface area contributed by atoms with Gasteiger partial charge in [0, 0.05) is 12.1 Å². The molecule has 0 aliphatic carbocycles. The molecule has 1 fully saturated rings. The Kier molecular flexibility index (Phi) is 6.22. The van der Waals surface area contributed by atoms with Crippen LogP contribution in [0.5, 0.6) is 0 Å². The Morgan fingerprint density at radius 1 is 1.25 bits per heavy atom. The fraction of sp³-hybridized carbons (Fsp3) is 0.167. The Balaban J connectivity index is 1.67. The summed E-state index contributed by atoms with van der Waals surface area (Å²) in [5.41, 5.74) is 1.28. The van der Waals surface area contributed by atoms with Crippen molar-refractivity contribution in [3.63, 3.8) is 0 Å². The Bertz CT molecular complexity index is 952. The number of carboxylic acid groups (broad SMARTS) is 1. The molecule has 1 aromatic heterocycles. The molecule has 1 aliphatic heterocycles. The van der Waals surface area contributed by atoms with E-state index in [9.17, 15) is 14.4 Å². The molecule has 144 valence electrons. The molecule has 3 N–H and O–H groups in total. The summed E-state index contributed by atoms with van der Waals surface area (Å²) in [5.74, 6) is -1.73. The lowest BCUT2D eigenvalue weighted by atomic mass is 10.2. The van der Waals surface area contributed by atoms with Gasteiger partial charge in [-0.2, -0.15) is 5.10 Å². The number of carboxylic acids is 1. The molecule has 1 aromatic carbocycles. The van der Waals surface area contributed by atoms with Crippen LogP contribution in [0, 0.1) is 0 Å². The average molecular weight is 416 g/mol. The van der Waals surface area contributed by atoms with Crippen LogP contribution in [0.25, 0.3) is 0 Å². The Morgan fingerprint density at radius 2 is 2.00 bits per heavy atom. The summed E-state index contributed by atoms with van der Waals surface area (Å²) in [6.07, 6.45) is 0.0103. The van der Waals surface area contributed by atoms with Crippen molar-refractivity contribution >= 4 is 57.4 Å². The van der Waals surface area contributed by atoms with E-state index in [1.807, 2.05) is 24.4 Å². The van der Waals surface area contributed by atoms with E-state index < -0.39 is 11.2 Å². The van der Waals surface area contributed by atoms with Crippen molar-refractivity contribution in [2.24, 2.45) is 10.2 Å². The molecule has 28 heavy (non-hydrogen) atoms. The summed E-state index contributed by atoms with van der Waals surface area (Å²) in [6.45, 7) is 1.82. The van der Waals surface area contributed by atoms with E-state index in [-0.39, 0.29) is 29.0 Å². The zero-order valence-electron chi connectivity index (χ0n) is 14.7. The lowest BCUT2D eigenvalue weighted by Crippen LogP contribution is -2.41. The summed E-state index contributed by atoms with van der Waals surface area (Å²) in [4.78, 5) is 36.3. The van der Waals surface area contributed by atoms with Crippen molar-refractivity contribution in [1.29, 1.82) is 0 Å². The van der Waals surface area contributed by atoms with Crippen LogP contribution in [0.4, 0.5) is 5.69 Å². The van der Waals surface area contributed by atoms with Crippen LogP contribution in [0.3, 0.4) is 0 Å². The number of nitrogens with zero attached hydrogens (tertiary/aromatic N) is 2. The molecule has 8 nitrogen and oxygen atoms in total. The molecule has 0 saturated carbocycles. The normalized spacial score (nSPS) is 18.6. The van der Waals surface area contributed by atoms with Gasteiger partial charge in [-0.3, -0.25) is 9.59 Å². The van der Waals surface area contributed by atoms with E-state index in [0.29, 0.717) is 11.4 Å². The van der Waals surface area contributed by atoms with Crippen LogP contribution in [0.1, 0.15) is 28.6 Å². The number of thiophene rings is 1. The third-order valence-corrected chi connectivity index (χ3v) is 5.78. The first-order valence-electron chi connectivity index (χ1n) is 8.19. The number of nitrogens with one attached hydrogen (secondary N) is 2. The number of rotatable bonds is 5. The van der Waals surface area contributed by atoms with Crippen molar-refractivity contribution in [3.05, 3.63) is 52.2 Å². The molecule has 0 bridgehead atoms. The second-order valence-corrected chi connectivity index (χ2v) is 7.94. The maximum Gasteiger partial charge on any atom is 0.335 e. The molecule has 1 aliphatic rings. The third kappa shape index (κ3) is 5.05. The van der Waals surface area contributed by atoms with Crippen LogP contribution in [-0.4, -0.2) is 39.0 Å². The van der Waals surface area contributed by atoms with Crippen molar-refractivity contribution < 1.29 is 19.5 Å². The third-order valence-electron chi connectivity index (χ3n) is 3.73. The molecular weight excluding hydrogens is 400 g/mol. The van der Waals surface area contributed by atoms with E-state index in [1.165, 1.54) is 35.6 Å². The van der Waals surface area contributed by atoms with Gasteiger partial charge in [-0.1, -0.05) is 17.8 Å². The fourth-order valence-electron chi connectivity index (χ4n) is 2.31. The summed E-state index contributed by atoms with van der Waals surface area (Å²) in [6, 6.07) is 9.62. The van der Waals surface area contributed by atoms with Gasteiger partial charge in [0.15, 0.2) is 5.17 Å². The Labute approximate surface area is 168 Å². The molecule has 0 spiro atoms. The Hall–Kier alpha value is -2.98. The number of anilines is 1. The quantitative estimate of drug-likeness (QED) is 0.511. The number of hydrogen-bond donors (Lipinski definition) is 3. The lowest BCUT2D eigenvalue weighted by molar-refractivity contribution is -0.123. The zero-order valence-corrected chi connectivity index (χ0v) is 16.3. The maximum atomic E-state index is 12.5. The highest BCUT2D eigenvalue weighted by Crippen LogP contribution is 2.23. The SMILES string of the molecule is C/C(=N\N=C1/NC(=O)CC(C(=O)Nc2ccc(C(=O)O)cc2)S1)c1cccs1. The summed E-state index contributed by atoms with van der Waals surface area (Å²) in [5, 5.41) is 23.9. The molecule has 1 atom stereocenters. The number of thioether (sulfide) groups is 1. The lowest BCUT2D eigenvalue weighted by Gasteiger charge is -2.21. The molecule has 3 rings (SSSR count). The molecule has 2 amide bonds. The number of benzene rings is 1. The molecule has 2 heterocycles.